The van der Waals surface area contributed by atoms with Gasteiger partial charge in [-0.05, 0) is 66.8 Å². The Labute approximate surface area is 255 Å². The number of halogens is 1. The molecule has 0 saturated heterocycles. The maximum atomic E-state index is 13.5. The number of anilines is 1. The van der Waals surface area contributed by atoms with E-state index in [1.54, 1.807) is 15.9 Å². The van der Waals surface area contributed by atoms with E-state index in [4.69, 9.17) is 26.2 Å². The van der Waals surface area contributed by atoms with Crippen LogP contribution in [-0.2, 0) is 28.9 Å². The lowest BCUT2D eigenvalue weighted by Gasteiger charge is -2.19. The number of imidazole rings is 1. The van der Waals surface area contributed by atoms with Gasteiger partial charge in [0.05, 0.1) is 24.4 Å². The zero-order valence-corrected chi connectivity index (χ0v) is 24.9. The third-order valence-electron chi connectivity index (χ3n) is 7.58. The van der Waals surface area contributed by atoms with Gasteiger partial charge in [0.2, 0.25) is 6.10 Å². The van der Waals surface area contributed by atoms with Crippen LogP contribution in [0.4, 0.5) is 5.69 Å². The number of benzene rings is 4. The third-order valence-corrected chi connectivity index (χ3v) is 7.96. The van der Waals surface area contributed by atoms with Gasteiger partial charge in [0.1, 0.15) is 17.1 Å². The lowest BCUT2D eigenvalue weighted by atomic mass is 10.0. The van der Waals surface area contributed by atoms with Crippen molar-refractivity contribution in [3.63, 3.8) is 0 Å². The van der Waals surface area contributed by atoms with Gasteiger partial charge in [0, 0.05) is 29.3 Å². The highest BCUT2D eigenvalue weighted by Gasteiger charge is 2.31. The summed E-state index contributed by atoms with van der Waals surface area (Å²) in [6.45, 7) is 4.62. The van der Waals surface area contributed by atoms with Gasteiger partial charge in [-0.25, -0.2) is 13.9 Å². The van der Waals surface area contributed by atoms with Gasteiger partial charge in [0.25, 0.3) is 5.91 Å². The van der Waals surface area contributed by atoms with Gasteiger partial charge < -0.3 is 14.4 Å². The van der Waals surface area contributed by atoms with E-state index in [1.165, 1.54) is 0 Å². The molecule has 1 unspecified atom stereocenters. The van der Waals surface area contributed by atoms with Crippen molar-refractivity contribution in [1.82, 2.24) is 9.07 Å². The van der Waals surface area contributed by atoms with Gasteiger partial charge >= 0.3 is 5.97 Å². The molecule has 5 aromatic rings. The van der Waals surface area contributed by atoms with Crippen molar-refractivity contribution < 1.29 is 19.1 Å². The summed E-state index contributed by atoms with van der Waals surface area (Å²) in [7, 11) is 0. The Morgan fingerprint density at radius 3 is 2.42 bits per heavy atom. The molecule has 0 radical (unpaired) electrons. The van der Waals surface area contributed by atoms with Gasteiger partial charge in [-0.3, -0.25) is 4.79 Å². The van der Waals surface area contributed by atoms with Crippen LogP contribution in [0, 0.1) is 0 Å². The number of rotatable bonds is 10. The molecule has 0 fully saturated rings. The van der Waals surface area contributed by atoms with E-state index in [-0.39, 0.29) is 12.5 Å². The molecule has 218 valence electrons. The number of esters is 1. The maximum absolute atomic E-state index is 13.5. The van der Waals surface area contributed by atoms with E-state index in [0.29, 0.717) is 24.3 Å². The summed E-state index contributed by atoms with van der Waals surface area (Å²) in [4.78, 5) is 32.8. The molecule has 1 aliphatic rings. The molecule has 2 heterocycles. The SMILES string of the molecule is CCCc1nc2c(N3Cc4ccccc4C3=O)cc(Cc3ccc(OC(C(=O)OCC)c4ccccc4)cc3)cc2n1Cl. The first kappa shape index (κ1) is 28.5. The van der Waals surface area contributed by atoms with Crippen LogP contribution in [-0.4, -0.2) is 27.6 Å². The number of aryl methyl sites for hydroxylation is 1. The average molecular weight is 594 g/mol. The first-order chi connectivity index (χ1) is 21.0. The van der Waals surface area contributed by atoms with E-state index in [0.717, 1.165) is 57.6 Å². The third kappa shape index (κ3) is 5.73. The van der Waals surface area contributed by atoms with Crippen LogP contribution in [0.5, 0.6) is 5.75 Å². The summed E-state index contributed by atoms with van der Waals surface area (Å²) >= 11 is 6.78. The summed E-state index contributed by atoms with van der Waals surface area (Å²) in [5, 5.41) is 0. The molecule has 1 aliphatic heterocycles. The molecule has 0 bridgehead atoms. The van der Waals surface area contributed by atoms with Crippen molar-refractivity contribution in [3.8, 4) is 5.75 Å². The van der Waals surface area contributed by atoms with Crippen LogP contribution >= 0.6 is 11.8 Å². The molecule has 0 aliphatic carbocycles. The first-order valence-corrected chi connectivity index (χ1v) is 14.9. The van der Waals surface area contributed by atoms with Crippen LogP contribution in [0.15, 0.2) is 91.0 Å². The molecule has 6 rings (SSSR count). The molecule has 1 amide bonds. The molecular weight excluding hydrogens is 562 g/mol. The molecule has 4 aromatic carbocycles. The molecule has 8 heteroatoms. The highest BCUT2D eigenvalue weighted by molar-refractivity contribution is 6.20. The minimum atomic E-state index is -0.861. The summed E-state index contributed by atoms with van der Waals surface area (Å²) in [5.74, 6) is 0.867. The Morgan fingerprint density at radius 1 is 0.953 bits per heavy atom. The van der Waals surface area contributed by atoms with Gasteiger partial charge in [-0.15, -0.1) is 0 Å². The molecule has 0 N–H and O–H groups in total. The van der Waals surface area contributed by atoms with Crippen LogP contribution in [0.3, 0.4) is 0 Å². The molecule has 43 heavy (non-hydrogen) atoms. The largest absolute Gasteiger partial charge is 0.474 e. The fraction of sp³-hybridized carbons (Fsp3) is 0.229. The zero-order chi connectivity index (χ0) is 29.9. The first-order valence-electron chi connectivity index (χ1n) is 14.5. The topological polar surface area (TPSA) is 73.7 Å². The van der Waals surface area contributed by atoms with Gasteiger partial charge in [-0.2, -0.15) is 0 Å². The molecule has 0 spiro atoms. The predicted molar refractivity (Wildman–Crippen MR) is 168 cm³/mol. The van der Waals surface area contributed by atoms with Crippen molar-refractivity contribution in [2.24, 2.45) is 0 Å². The average Bonchev–Trinajstić information content (AvgIpc) is 3.53. The fourth-order valence-corrected chi connectivity index (χ4v) is 5.78. The number of hydrogen-bond acceptors (Lipinski definition) is 5. The minimum absolute atomic E-state index is 0.0358. The van der Waals surface area contributed by atoms with E-state index >= 15 is 0 Å². The van der Waals surface area contributed by atoms with E-state index in [9.17, 15) is 9.59 Å². The Hall–Kier alpha value is -4.62. The molecule has 1 atom stereocenters. The number of nitrogens with zero attached hydrogens (tertiary/aromatic N) is 3. The lowest BCUT2D eigenvalue weighted by molar-refractivity contribution is -0.151. The second kappa shape index (κ2) is 12.3. The number of carbonyl (C=O) groups excluding carboxylic acids is 2. The van der Waals surface area contributed by atoms with Crippen LogP contribution in [0.1, 0.15) is 64.8 Å². The van der Waals surface area contributed by atoms with Gasteiger partial charge in [-0.1, -0.05) is 67.6 Å². The minimum Gasteiger partial charge on any atom is -0.474 e. The van der Waals surface area contributed by atoms with Crippen molar-refractivity contribution in [3.05, 3.63) is 125 Å². The number of ether oxygens (including phenoxy) is 2. The van der Waals surface area contributed by atoms with E-state index in [2.05, 4.69) is 6.92 Å². The highest BCUT2D eigenvalue weighted by Crippen LogP contribution is 2.36. The Balaban J connectivity index is 1.30. The molecule has 1 aromatic heterocycles. The molecule has 7 nitrogen and oxygen atoms in total. The van der Waals surface area contributed by atoms with Gasteiger partial charge in [0.15, 0.2) is 0 Å². The smallest absolute Gasteiger partial charge is 0.352 e. The van der Waals surface area contributed by atoms with Crippen LogP contribution in [0.25, 0.3) is 11.0 Å². The number of carbonyl (C=O) groups is 2. The summed E-state index contributed by atoms with van der Waals surface area (Å²) in [6.07, 6.45) is 1.38. The second-order valence-electron chi connectivity index (χ2n) is 10.6. The Bertz CT molecular complexity index is 1780. The number of amides is 1. The number of fused-ring (bicyclic) bond motifs is 2. The summed E-state index contributed by atoms with van der Waals surface area (Å²) in [6, 6.07) is 28.8. The van der Waals surface area contributed by atoms with Crippen LogP contribution in [0.2, 0.25) is 0 Å². The highest BCUT2D eigenvalue weighted by atomic mass is 35.5. The van der Waals surface area contributed by atoms with Crippen LogP contribution < -0.4 is 9.64 Å². The number of aromatic nitrogens is 2. The van der Waals surface area contributed by atoms with Crippen molar-refractivity contribution in [1.29, 1.82) is 0 Å². The zero-order valence-electron chi connectivity index (χ0n) is 24.1. The Morgan fingerprint density at radius 2 is 1.70 bits per heavy atom. The van der Waals surface area contributed by atoms with Crippen molar-refractivity contribution in [2.75, 3.05) is 11.5 Å². The normalized spacial score (nSPS) is 13.3. The number of hydrogen-bond donors (Lipinski definition) is 0. The van der Waals surface area contributed by atoms with E-state index < -0.39 is 12.1 Å². The summed E-state index contributed by atoms with van der Waals surface area (Å²) in [5.41, 5.74) is 6.73. The summed E-state index contributed by atoms with van der Waals surface area (Å²) < 4.78 is 13.0. The van der Waals surface area contributed by atoms with Crippen molar-refractivity contribution >= 4 is 40.4 Å². The quantitative estimate of drug-likeness (QED) is 0.157. The monoisotopic (exact) mass is 593 g/mol. The molecular formula is C35H32ClN3O4. The predicted octanol–water partition coefficient (Wildman–Crippen LogP) is 7.43. The fourth-order valence-electron chi connectivity index (χ4n) is 5.53. The molecule has 0 saturated carbocycles. The standard InChI is InChI=1S/C35H32ClN3O4/c1-3-10-31-37-32-29(38-22-26-13-8-9-14-28(26)34(38)40)20-24(21-30(32)39(31)36)19-23-15-17-27(18-16-23)43-33(35(41)42-4-2)25-11-6-5-7-12-25/h5-9,11-18,20-21,33H,3-4,10,19,22H2,1-2H3. The second-order valence-corrected chi connectivity index (χ2v) is 10.9. The van der Waals surface area contributed by atoms with Crippen molar-refractivity contribution in [2.45, 2.75) is 45.8 Å². The lowest BCUT2D eigenvalue weighted by Crippen LogP contribution is -2.23. The Kier molecular flexibility index (Phi) is 8.16. The van der Waals surface area contributed by atoms with E-state index in [1.807, 2.05) is 91.0 Å². The maximum Gasteiger partial charge on any atom is 0.352 e.